The quantitative estimate of drug-likeness (QED) is 0.109. The molecule has 0 saturated heterocycles. The second-order valence-electron chi connectivity index (χ2n) is 31.1. The van der Waals surface area contributed by atoms with Gasteiger partial charge in [-0.05, 0) is 264 Å². The Hall–Kier alpha value is -2.65. The molecule has 0 aliphatic heterocycles. The van der Waals surface area contributed by atoms with Crippen LogP contribution in [0.3, 0.4) is 0 Å². The zero-order valence-corrected chi connectivity index (χ0v) is 59.2. The van der Waals surface area contributed by atoms with Crippen LogP contribution in [0.25, 0.3) is 0 Å². The van der Waals surface area contributed by atoms with E-state index in [1.165, 1.54) is 148 Å². The lowest BCUT2D eigenvalue weighted by atomic mass is 9.85. The number of hydrogen-bond donors (Lipinski definition) is 0. The molecular formula is C82H170O10. The molecule has 5 rings (SSSR count). The van der Waals surface area contributed by atoms with Gasteiger partial charge in [-0.3, -0.25) is 24.0 Å². The molecule has 0 amide bonds. The van der Waals surface area contributed by atoms with Gasteiger partial charge < -0.3 is 23.7 Å². The molecule has 0 aromatic heterocycles. The average molecular weight is 1320 g/mol. The number of carbonyl (C=O) groups is 5. The molecule has 0 bridgehead atoms. The summed E-state index contributed by atoms with van der Waals surface area (Å²) in [6.45, 7) is 40.5. The number of rotatable bonds is 16. The summed E-state index contributed by atoms with van der Waals surface area (Å²) in [7, 11) is 0. The second kappa shape index (κ2) is 49.8. The molecule has 5 saturated carbocycles. The Balaban J connectivity index is -0.000000158. The first kappa shape index (κ1) is 105. The summed E-state index contributed by atoms with van der Waals surface area (Å²) in [6.07, 6.45) is 44.7. The summed E-state index contributed by atoms with van der Waals surface area (Å²) in [5.41, 5.74) is -2.68. The Kier molecular flexibility index (Phi) is 57.0. The molecule has 0 radical (unpaired) electrons. The van der Waals surface area contributed by atoms with E-state index in [9.17, 15) is 24.0 Å². The summed E-state index contributed by atoms with van der Waals surface area (Å²) in [5.74, 6) is -0.123. The van der Waals surface area contributed by atoms with Crippen LogP contribution >= 0.6 is 0 Å². The van der Waals surface area contributed by atoms with Gasteiger partial charge in [-0.25, -0.2) is 0 Å². The minimum Gasteiger partial charge on any atom is -0.459 e. The van der Waals surface area contributed by atoms with Crippen molar-refractivity contribution in [1.29, 1.82) is 0 Å². The van der Waals surface area contributed by atoms with Crippen molar-refractivity contribution in [1.82, 2.24) is 0 Å². The summed E-state index contributed by atoms with van der Waals surface area (Å²) >= 11 is 0. The zero-order chi connectivity index (χ0) is 64.0. The topological polar surface area (TPSA) is 132 Å². The van der Waals surface area contributed by atoms with Crippen LogP contribution in [0, 0.1) is 27.1 Å². The van der Waals surface area contributed by atoms with Crippen LogP contribution in [0.5, 0.6) is 0 Å². The van der Waals surface area contributed by atoms with Crippen molar-refractivity contribution in [2.24, 2.45) is 27.1 Å². The van der Waals surface area contributed by atoms with Crippen LogP contribution in [0.1, 0.15) is 448 Å². The van der Waals surface area contributed by atoms with Crippen molar-refractivity contribution in [3.8, 4) is 0 Å². The highest BCUT2D eigenvalue weighted by Gasteiger charge is 2.42. The first-order chi connectivity index (χ1) is 39.0. The van der Waals surface area contributed by atoms with Crippen LogP contribution in [0.15, 0.2) is 0 Å². The molecule has 0 spiro atoms. The fraction of sp³-hybridized carbons (Fsp3) is 0.939. The molecule has 0 heterocycles. The third-order valence-corrected chi connectivity index (χ3v) is 20.9. The second-order valence-corrected chi connectivity index (χ2v) is 31.1. The monoisotopic (exact) mass is 1320 g/mol. The average Bonchev–Trinajstić information content (AvgIpc) is 1.76. The van der Waals surface area contributed by atoms with Gasteiger partial charge in [-0.2, -0.15) is 0 Å². The van der Waals surface area contributed by atoms with E-state index >= 15 is 0 Å². The minimum atomic E-state index is -0.354. The molecule has 5 fully saturated rings. The highest BCUT2D eigenvalue weighted by Crippen LogP contribution is 2.40. The van der Waals surface area contributed by atoms with Gasteiger partial charge in [-0.15, -0.1) is 0 Å². The molecule has 0 aromatic rings. The van der Waals surface area contributed by atoms with Gasteiger partial charge in [0.25, 0.3) is 0 Å². The van der Waals surface area contributed by atoms with Gasteiger partial charge in [0.1, 0.15) is 28.0 Å². The molecule has 558 valence electrons. The van der Waals surface area contributed by atoms with E-state index in [1.54, 1.807) is 0 Å². The zero-order valence-electron chi connectivity index (χ0n) is 59.2. The van der Waals surface area contributed by atoms with Crippen molar-refractivity contribution >= 4 is 29.8 Å². The highest BCUT2D eigenvalue weighted by atomic mass is 16.6. The first-order valence-corrected chi connectivity index (χ1v) is 35.2. The summed E-state index contributed by atoms with van der Waals surface area (Å²) < 4.78 is 29.0. The fourth-order valence-corrected chi connectivity index (χ4v) is 11.2. The maximum Gasteiger partial charge on any atom is 0.312 e. The Bertz CT molecular complexity index is 1850. The third-order valence-electron chi connectivity index (χ3n) is 20.9. The van der Waals surface area contributed by atoms with E-state index < -0.39 is 0 Å². The molecule has 10 nitrogen and oxygen atoms in total. The van der Waals surface area contributed by atoms with Crippen molar-refractivity contribution in [2.45, 2.75) is 476 Å². The van der Waals surface area contributed by atoms with E-state index in [2.05, 4.69) is 48.5 Å². The molecule has 5 aliphatic rings. The minimum absolute atomic E-state index is 0. The normalized spacial score (nSPS) is 19.4. The Morgan fingerprint density at radius 1 is 0.239 bits per heavy atom. The van der Waals surface area contributed by atoms with Crippen LogP contribution in [-0.2, 0) is 47.7 Å². The molecule has 0 atom stereocenters. The van der Waals surface area contributed by atoms with Crippen LogP contribution in [0.2, 0.25) is 0 Å². The van der Waals surface area contributed by atoms with Crippen LogP contribution in [-0.4, -0.2) is 57.9 Å². The Labute approximate surface area is 578 Å². The SMILES string of the molecule is C.C.C.C.C.C.C.C.CCC(C)(C)C(=O)OC1(C)CCCC1.CCC(C)(C)C(=O)OC1(C)CCCCC1.CCC(C)(C)C(=O)OC1(C)CCCCCCCCC1.CCC(C)(C)C(=O)OC1(C)CCCCCCCCCCC1.CCC1(OC(=O)C(C)(C)CC)CCCC1. The third kappa shape index (κ3) is 39.5. The van der Waals surface area contributed by atoms with Gasteiger partial charge in [0.05, 0.1) is 27.1 Å². The predicted octanol–water partition coefficient (Wildman–Crippen LogP) is 27.0. The highest BCUT2D eigenvalue weighted by molar-refractivity contribution is 5.78. The van der Waals surface area contributed by atoms with Crippen molar-refractivity contribution in [2.75, 3.05) is 0 Å². The lowest BCUT2D eigenvalue weighted by Crippen LogP contribution is -2.38. The van der Waals surface area contributed by atoms with E-state index in [-0.39, 0.29) is 144 Å². The lowest BCUT2D eigenvalue weighted by molar-refractivity contribution is -0.172. The molecule has 0 unspecified atom stereocenters. The first-order valence-electron chi connectivity index (χ1n) is 35.2. The van der Waals surface area contributed by atoms with Gasteiger partial charge in [-0.1, -0.05) is 184 Å². The Morgan fingerprint density at radius 3 is 0.533 bits per heavy atom. The lowest BCUT2D eigenvalue weighted by Gasteiger charge is -2.36. The van der Waals surface area contributed by atoms with Crippen molar-refractivity contribution < 1.29 is 47.7 Å². The van der Waals surface area contributed by atoms with Gasteiger partial charge in [0.15, 0.2) is 0 Å². The fourth-order valence-electron chi connectivity index (χ4n) is 11.2. The molecule has 0 aromatic carbocycles. The van der Waals surface area contributed by atoms with E-state index in [1.807, 2.05) is 90.0 Å². The molecular weight excluding hydrogens is 1140 g/mol. The molecule has 10 heteroatoms. The summed E-state index contributed by atoms with van der Waals surface area (Å²) in [6, 6.07) is 0. The smallest absolute Gasteiger partial charge is 0.312 e. The van der Waals surface area contributed by atoms with Crippen LogP contribution < -0.4 is 0 Å². The number of ether oxygens (including phenoxy) is 5. The largest absolute Gasteiger partial charge is 0.459 e. The number of esters is 5. The van der Waals surface area contributed by atoms with Crippen LogP contribution in [0.4, 0.5) is 0 Å². The van der Waals surface area contributed by atoms with Crippen molar-refractivity contribution in [3.05, 3.63) is 0 Å². The van der Waals surface area contributed by atoms with Crippen molar-refractivity contribution in [3.63, 3.8) is 0 Å². The van der Waals surface area contributed by atoms with Gasteiger partial charge >= 0.3 is 29.8 Å². The molecule has 0 N–H and O–H groups in total. The van der Waals surface area contributed by atoms with E-state index in [0.29, 0.717) is 0 Å². The molecule has 5 aliphatic carbocycles. The number of carbonyl (C=O) groups excluding carboxylic acids is 5. The van der Waals surface area contributed by atoms with E-state index in [4.69, 9.17) is 23.7 Å². The summed E-state index contributed by atoms with van der Waals surface area (Å²) in [4.78, 5) is 60.5. The number of hydrogen-bond acceptors (Lipinski definition) is 10. The maximum absolute atomic E-state index is 12.4. The maximum atomic E-state index is 12.4. The summed E-state index contributed by atoms with van der Waals surface area (Å²) in [5, 5.41) is 0. The standard InChI is InChI=1S/C19H36O2.C17H32O2.2C13H24O2.C12H22O2.8CH4/c1-5-18(2,3)17(20)21-19(4)15-13-11-9-7-6-8-10-12-14-16-19;1-5-16(2,3)15(18)19-17(4)13-11-9-7-6-8-10-12-14-17;1-5-12(2,3)11(14)15-13(4)9-7-6-8-10-13;1-5-12(3,4)11(14)15-13(6-2)9-7-8-10-13;1-5-11(2,3)10(13)14-12(4)8-6-7-9-12;;;;;;;;/h5-16H2,1-4H3;5-14H2,1-4H3;2*5-10H2,1-4H3;5-9H2,1-4H3;8*1H4. The van der Waals surface area contributed by atoms with Gasteiger partial charge in [0, 0.05) is 0 Å². The Morgan fingerprint density at radius 2 is 0.370 bits per heavy atom. The van der Waals surface area contributed by atoms with Gasteiger partial charge in [0.2, 0.25) is 0 Å². The molecule has 92 heavy (non-hydrogen) atoms. The van der Waals surface area contributed by atoms with E-state index in [0.717, 1.165) is 103 Å². The predicted molar refractivity (Wildman–Crippen MR) is 404 cm³/mol.